The van der Waals surface area contributed by atoms with Gasteiger partial charge in [0, 0.05) is 23.3 Å². The lowest BCUT2D eigenvalue weighted by Crippen LogP contribution is -2.52. The van der Waals surface area contributed by atoms with Gasteiger partial charge in [0.15, 0.2) is 0 Å². The van der Waals surface area contributed by atoms with Crippen molar-refractivity contribution in [3.8, 4) is 0 Å². The van der Waals surface area contributed by atoms with E-state index in [1.54, 1.807) is 10.8 Å². The van der Waals surface area contributed by atoms with Gasteiger partial charge >= 0.3 is 11.9 Å². The summed E-state index contributed by atoms with van der Waals surface area (Å²) in [5, 5.41) is 14.3. The molecule has 2 N–H and O–H groups in total. The van der Waals surface area contributed by atoms with Gasteiger partial charge in [0.25, 0.3) is 0 Å². The third-order valence-electron chi connectivity index (χ3n) is 12.1. The van der Waals surface area contributed by atoms with E-state index < -0.39 is 10.9 Å². The number of fused-ring (bicyclic) bond motifs is 3. The SMILES string of the molecule is CCC1(/C=C2\OC(=O)C3=C2CC[C@H]2[C@@H]4CC[C@@]5(C6=C4Cc4ccnc(c4)NCSS[C@@H](O)[C@H](C)C/C=C/5OC6=O)[C@@H]32)CCCC1. The van der Waals surface area contributed by atoms with Gasteiger partial charge in [-0.25, -0.2) is 14.6 Å². The van der Waals surface area contributed by atoms with Crippen molar-refractivity contribution in [2.24, 2.45) is 34.5 Å². The maximum Gasteiger partial charge on any atom is 0.340 e. The van der Waals surface area contributed by atoms with Crippen LogP contribution in [0.15, 0.2) is 64.3 Å². The molecular weight excluding hydrogens is 605 g/mol. The van der Waals surface area contributed by atoms with Crippen LogP contribution in [0.2, 0.25) is 0 Å². The first-order chi connectivity index (χ1) is 21.8. The van der Waals surface area contributed by atoms with E-state index >= 15 is 0 Å². The van der Waals surface area contributed by atoms with Gasteiger partial charge in [0.2, 0.25) is 0 Å². The smallest absolute Gasteiger partial charge is 0.340 e. The molecule has 1 aromatic heterocycles. The van der Waals surface area contributed by atoms with Gasteiger partial charge < -0.3 is 19.9 Å². The highest BCUT2D eigenvalue weighted by Gasteiger charge is 2.68. The van der Waals surface area contributed by atoms with E-state index in [4.69, 9.17) is 9.47 Å². The standard InChI is InChI=1S/C36H42N2O5S2/c1-3-35(12-4-5-13-35)18-26-24-8-7-23-22-10-14-36(30(23)29(24)32(39)42-26)27-9-6-20(2)34(41)45-44-19-38-28-17-21(11-15-37-28)16-25(22)31(36)33(40)43-27/h9,11,15,17-18,20,22-23,30,34,41H,3-8,10,12-14,16,19H2,1-2H3,(H,37,38)/b26-18-,27-9-/t20-,22+,23+,30-,34-,36+/m1/s1. The van der Waals surface area contributed by atoms with Gasteiger partial charge in [0.05, 0.1) is 16.9 Å². The highest BCUT2D eigenvalue weighted by atomic mass is 33.1. The normalized spacial score (nSPS) is 37.5. The van der Waals surface area contributed by atoms with Crippen LogP contribution in [-0.2, 0) is 25.5 Å². The lowest BCUT2D eigenvalue weighted by molar-refractivity contribution is -0.135. The van der Waals surface area contributed by atoms with Crippen LogP contribution in [0.1, 0.15) is 83.6 Å². The van der Waals surface area contributed by atoms with Crippen LogP contribution in [0.5, 0.6) is 0 Å². The molecule has 0 radical (unpaired) electrons. The van der Waals surface area contributed by atoms with E-state index in [0.717, 1.165) is 78.8 Å². The second-order valence-electron chi connectivity index (χ2n) is 14.2. The molecule has 7 bridgehead atoms. The lowest BCUT2D eigenvalue weighted by Gasteiger charge is -2.56. The number of carbonyl (C=O) groups is 2. The Bertz CT molecular complexity index is 1570. The van der Waals surface area contributed by atoms with Crippen LogP contribution < -0.4 is 5.32 Å². The Kier molecular flexibility index (Phi) is 7.53. The number of hydrogen-bond donors (Lipinski definition) is 2. The van der Waals surface area contributed by atoms with Crippen LogP contribution >= 0.6 is 21.6 Å². The molecular formula is C36H42N2O5S2. The molecule has 7 nitrogen and oxygen atoms in total. The summed E-state index contributed by atoms with van der Waals surface area (Å²) in [5.74, 6) is 2.66. The van der Waals surface area contributed by atoms with E-state index in [1.807, 2.05) is 19.2 Å². The van der Waals surface area contributed by atoms with E-state index in [2.05, 4.69) is 35.4 Å². The fourth-order valence-corrected chi connectivity index (χ4v) is 11.9. The van der Waals surface area contributed by atoms with Crippen molar-refractivity contribution in [2.75, 3.05) is 11.2 Å². The minimum Gasteiger partial charge on any atom is -0.427 e. The third-order valence-corrected chi connectivity index (χ3v) is 14.5. The Morgan fingerprint density at radius 1 is 1.16 bits per heavy atom. The summed E-state index contributed by atoms with van der Waals surface area (Å²) in [6, 6.07) is 4.12. The van der Waals surface area contributed by atoms with Crippen molar-refractivity contribution in [1.29, 1.82) is 0 Å². The first-order valence-corrected chi connectivity index (χ1v) is 19.2. The third kappa shape index (κ3) is 4.69. The number of rotatable bonds is 2. The maximum absolute atomic E-state index is 14.0. The number of anilines is 1. The van der Waals surface area contributed by atoms with E-state index in [9.17, 15) is 14.7 Å². The van der Waals surface area contributed by atoms with Crippen molar-refractivity contribution in [1.82, 2.24) is 4.98 Å². The number of nitrogens with zero attached hydrogens (tertiary/aromatic N) is 1. The largest absolute Gasteiger partial charge is 0.427 e. The van der Waals surface area contributed by atoms with Gasteiger partial charge in [-0.3, -0.25) is 0 Å². The van der Waals surface area contributed by atoms with Crippen molar-refractivity contribution < 1.29 is 24.2 Å². The van der Waals surface area contributed by atoms with Crippen molar-refractivity contribution in [3.63, 3.8) is 0 Å². The molecule has 1 saturated heterocycles. The Morgan fingerprint density at radius 2 is 2.00 bits per heavy atom. The van der Waals surface area contributed by atoms with Crippen LogP contribution in [0.25, 0.3) is 0 Å². The molecule has 0 aromatic carbocycles. The molecule has 1 spiro atoms. The molecule has 9 rings (SSSR count). The van der Waals surface area contributed by atoms with E-state index in [0.29, 0.717) is 24.5 Å². The average Bonchev–Trinajstić information content (AvgIpc) is 3.73. The van der Waals surface area contributed by atoms with E-state index in [-0.39, 0.29) is 41.0 Å². The molecule has 4 heterocycles. The van der Waals surface area contributed by atoms with E-state index in [1.165, 1.54) is 29.2 Å². The zero-order valence-corrected chi connectivity index (χ0v) is 27.7. The number of cyclic esters (lactones) is 1. The second-order valence-corrected chi connectivity index (χ2v) is 16.7. The Balaban J connectivity index is 1.29. The van der Waals surface area contributed by atoms with Gasteiger partial charge in [-0.05, 0) is 111 Å². The number of allylic oxidation sites excluding steroid dienone is 5. The molecule has 3 aliphatic heterocycles. The van der Waals surface area contributed by atoms with Gasteiger partial charge in [0.1, 0.15) is 22.8 Å². The molecule has 238 valence electrons. The Labute approximate surface area is 273 Å². The summed E-state index contributed by atoms with van der Waals surface area (Å²) < 4.78 is 12.5. The monoisotopic (exact) mass is 646 g/mol. The second kappa shape index (κ2) is 11.3. The summed E-state index contributed by atoms with van der Waals surface area (Å²) >= 11 is 0. The fourth-order valence-electron chi connectivity index (χ4n) is 9.80. The number of carbonyl (C=O) groups excluding carboxylic acids is 2. The van der Waals surface area contributed by atoms with Gasteiger partial charge in [-0.15, -0.1) is 0 Å². The number of esters is 2. The van der Waals surface area contributed by atoms with Crippen LogP contribution in [0.4, 0.5) is 5.82 Å². The number of aliphatic hydroxyl groups excluding tert-OH is 1. The van der Waals surface area contributed by atoms with Crippen LogP contribution in [0.3, 0.4) is 0 Å². The Morgan fingerprint density at radius 3 is 2.82 bits per heavy atom. The highest BCUT2D eigenvalue weighted by Crippen LogP contribution is 2.70. The molecule has 6 atom stereocenters. The van der Waals surface area contributed by atoms with Crippen LogP contribution in [-0.4, -0.2) is 33.3 Å². The molecule has 45 heavy (non-hydrogen) atoms. The van der Waals surface area contributed by atoms with Crippen molar-refractivity contribution in [3.05, 3.63) is 69.9 Å². The summed E-state index contributed by atoms with van der Waals surface area (Å²) in [7, 11) is 3.01. The fraction of sp³-hybridized carbons (Fsp3) is 0.583. The number of hydrogen-bond acceptors (Lipinski definition) is 9. The minimum atomic E-state index is -0.686. The molecule has 2 saturated carbocycles. The summed E-state index contributed by atoms with van der Waals surface area (Å²) in [4.78, 5) is 32.6. The number of ether oxygens (including phenoxy) is 2. The number of aromatic nitrogens is 1. The first kappa shape index (κ1) is 29.9. The summed E-state index contributed by atoms with van der Waals surface area (Å²) in [5.41, 5.74) is 3.78. The molecule has 5 aliphatic carbocycles. The Hall–Kier alpha value is -2.49. The summed E-state index contributed by atoms with van der Waals surface area (Å²) in [6.07, 6.45) is 16.8. The average molecular weight is 647 g/mol. The first-order valence-electron chi connectivity index (χ1n) is 16.8. The maximum atomic E-state index is 14.0. The minimum absolute atomic E-state index is 0.0496. The van der Waals surface area contributed by atoms with Crippen LogP contribution in [0, 0.1) is 34.5 Å². The molecule has 1 aromatic rings. The number of pyridine rings is 1. The topological polar surface area (TPSA) is 97.8 Å². The zero-order valence-electron chi connectivity index (χ0n) is 26.1. The predicted octanol–water partition coefficient (Wildman–Crippen LogP) is 7.61. The highest BCUT2D eigenvalue weighted by molar-refractivity contribution is 8.76. The number of aliphatic hydroxyl groups is 1. The number of nitrogens with one attached hydrogen (secondary N) is 1. The van der Waals surface area contributed by atoms with Gasteiger partial charge in [-0.1, -0.05) is 53.9 Å². The molecule has 3 fully saturated rings. The molecule has 0 unspecified atom stereocenters. The molecule has 9 heteroatoms. The summed E-state index contributed by atoms with van der Waals surface area (Å²) in [6.45, 7) is 4.29. The quantitative estimate of drug-likeness (QED) is 0.248. The van der Waals surface area contributed by atoms with Gasteiger partial charge in [-0.2, -0.15) is 0 Å². The molecule has 8 aliphatic rings. The molecule has 0 amide bonds. The zero-order chi connectivity index (χ0) is 30.9. The predicted molar refractivity (Wildman–Crippen MR) is 176 cm³/mol. The van der Waals surface area contributed by atoms with Crippen molar-refractivity contribution >= 4 is 39.3 Å². The van der Waals surface area contributed by atoms with Crippen molar-refractivity contribution in [2.45, 2.75) is 89.9 Å². The lowest BCUT2D eigenvalue weighted by atomic mass is 9.44.